The first-order chi connectivity index (χ1) is 9.24. The van der Waals surface area contributed by atoms with Gasteiger partial charge < -0.3 is 14.5 Å². The zero-order valence-electron chi connectivity index (χ0n) is 14.1. The van der Waals surface area contributed by atoms with Gasteiger partial charge in [-0.25, -0.2) is 4.79 Å². The third kappa shape index (κ3) is 5.31. The number of piperidine rings is 1. The second kappa shape index (κ2) is 7.30. The Morgan fingerprint density at radius 2 is 1.85 bits per heavy atom. The Bertz CT molecular complexity index is 302. The van der Waals surface area contributed by atoms with Crippen LogP contribution in [0, 0.1) is 0 Å². The van der Waals surface area contributed by atoms with E-state index in [1.165, 1.54) is 0 Å². The van der Waals surface area contributed by atoms with E-state index in [1.54, 1.807) is 0 Å². The Kier molecular flexibility index (Phi) is 6.31. The standard InChI is InChI=1S/C16H32N2O2/c1-7-10-18(15(19)20-16(4,5)6)14-8-11-17(12-9-14)13(2)3/h13-14H,7-12H2,1-6H3. The van der Waals surface area contributed by atoms with Crippen LogP contribution in [0.2, 0.25) is 0 Å². The van der Waals surface area contributed by atoms with Crippen LogP contribution in [0.25, 0.3) is 0 Å². The lowest BCUT2D eigenvalue weighted by molar-refractivity contribution is 0.00674. The topological polar surface area (TPSA) is 32.8 Å². The summed E-state index contributed by atoms with van der Waals surface area (Å²) in [5, 5.41) is 0. The van der Waals surface area contributed by atoms with Crippen molar-refractivity contribution in [1.82, 2.24) is 9.80 Å². The lowest BCUT2D eigenvalue weighted by Crippen LogP contribution is -2.50. The van der Waals surface area contributed by atoms with Crippen LogP contribution in [0.3, 0.4) is 0 Å². The molecule has 4 heteroatoms. The molecule has 0 radical (unpaired) electrons. The average molecular weight is 284 g/mol. The highest BCUT2D eigenvalue weighted by Crippen LogP contribution is 2.21. The van der Waals surface area contributed by atoms with Crippen LogP contribution < -0.4 is 0 Å². The molecule has 118 valence electrons. The van der Waals surface area contributed by atoms with E-state index in [4.69, 9.17) is 4.74 Å². The van der Waals surface area contributed by atoms with Gasteiger partial charge in [0.05, 0.1) is 0 Å². The molecule has 20 heavy (non-hydrogen) atoms. The molecule has 0 aromatic carbocycles. The summed E-state index contributed by atoms with van der Waals surface area (Å²) < 4.78 is 5.55. The molecule has 0 bridgehead atoms. The number of carbonyl (C=O) groups is 1. The molecule has 1 aliphatic heterocycles. The molecule has 4 nitrogen and oxygen atoms in total. The minimum atomic E-state index is -0.415. The number of carbonyl (C=O) groups excluding carboxylic acids is 1. The fourth-order valence-corrected chi connectivity index (χ4v) is 2.70. The lowest BCUT2D eigenvalue weighted by Gasteiger charge is -2.40. The molecule has 1 amide bonds. The van der Waals surface area contributed by atoms with Crippen LogP contribution in [0.4, 0.5) is 4.79 Å². The summed E-state index contributed by atoms with van der Waals surface area (Å²) in [5.41, 5.74) is -0.415. The van der Waals surface area contributed by atoms with Crippen LogP contribution in [-0.2, 0) is 4.74 Å². The van der Waals surface area contributed by atoms with Crippen molar-refractivity contribution in [3.63, 3.8) is 0 Å². The van der Waals surface area contributed by atoms with Crippen LogP contribution in [0.1, 0.15) is 60.8 Å². The zero-order valence-corrected chi connectivity index (χ0v) is 14.1. The molecule has 1 heterocycles. The smallest absolute Gasteiger partial charge is 0.410 e. The van der Waals surface area contributed by atoms with Crippen molar-refractivity contribution in [3.8, 4) is 0 Å². The molecule has 0 aliphatic carbocycles. The number of rotatable bonds is 4. The van der Waals surface area contributed by atoms with Gasteiger partial charge in [-0.1, -0.05) is 6.92 Å². The third-order valence-corrected chi connectivity index (χ3v) is 3.76. The van der Waals surface area contributed by atoms with Gasteiger partial charge in [-0.05, 0) is 53.9 Å². The van der Waals surface area contributed by atoms with Gasteiger partial charge in [0.25, 0.3) is 0 Å². The molecular formula is C16H32N2O2. The van der Waals surface area contributed by atoms with E-state index in [1.807, 2.05) is 25.7 Å². The van der Waals surface area contributed by atoms with E-state index in [-0.39, 0.29) is 6.09 Å². The molecular weight excluding hydrogens is 252 g/mol. The second-order valence-corrected chi connectivity index (χ2v) is 7.03. The van der Waals surface area contributed by atoms with Gasteiger partial charge in [0.2, 0.25) is 0 Å². The van der Waals surface area contributed by atoms with E-state index in [0.717, 1.165) is 38.9 Å². The Morgan fingerprint density at radius 1 is 1.30 bits per heavy atom. The lowest BCUT2D eigenvalue weighted by atomic mass is 10.0. The third-order valence-electron chi connectivity index (χ3n) is 3.76. The molecule has 1 saturated heterocycles. The Hall–Kier alpha value is -0.770. The molecule has 0 atom stereocenters. The molecule has 1 fully saturated rings. The maximum Gasteiger partial charge on any atom is 0.410 e. The van der Waals surface area contributed by atoms with Crippen LogP contribution in [0.15, 0.2) is 0 Å². The summed E-state index contributed by atoms with van der Waals surface area (Å²) in [7, 11) is 0. The first-order valence-electron chi connectivity index (χ1n) is 7.98. The fourth-order valence-electron chi connectivity index (χ4n) is 2.70. The maximum atomic E-state index is 12.4. The minimum absolute atomic E-state index is 0.151. The number of nitrogens with zero attached hydrogens (tertiary/aromatic N) is 2. The number of likely N-dealkylation sites (tertiary alicyclic amines) is 1. The number of ether oxygens (including phenoxy) is 1. The summed E-state index contributed by atoms with van der Waals surface area (Å²) in [6, 6.07) is 0.928. The van der Waals surface area contributed by atoms with Crippen molar-refractivity contribution in [2.75, 3.05) is 19.6 Å². The van der Waals surface area contributed by atoms with Crippen molar-refractivity contribution < 1.29 is 9.53 Å². The minimum Gasteiger partial charge on any atom is -0.444 e. The molecule has 0 aromatic heterocycles. The summed E-state index contributed by atoms with van der Waals surface area (Å²) in [6.45, 7) is 15.3. The Labute approximate surface area is 124 Å². The molecule has 1 rings (SSSR count). The Morgan fingerprint density at radius 3 is 2.25 bits per heavy atom. The second-order valence-electron chi connectivity index (χ2n) is 7.03. The molecule has 1 aliphatic rings. The molecule has 0 saturated carbocycles. The predicted octanol–water partition coefficient (Wildman–Crippen LogP) is 3.51. The van der Waals surface area contributed by atoms with Crippen molar-refractivity contribution >= 4 is 6.09 Å². The largest absolute Gasteiger partial charge is 0.444 e. The van der Waals surface area contributed by atoms with Crippen molar-refractivity contribution in [2.45, 2.75) is 78.5 Å². The maximum absolute atomic E-state index is 12.4. The van der Waals surface area contributed by atoms with Crippen LogP contribution in [0.5, 0.6) is 0 Å². The first-order valence-corrected chi connectivity index (χ1v) is 7.98. The van der Waals surface area contributed by atoms with Crippen molar-refractivity contribution in [1.29, 1.82) is 0 Å². The molecule has 0 aromatic rings. The van der Waals surface area contributed by atoms with Gasteiger partial charge in [-0.3, -0.25) is 0 Å². The number of hydrogen-bond donors (Lipinski definition) is 0. The highest BCUT2D eigenvalue weighted by Gasteiger charge is 2.30. The molecule has 0 N–H and O–H groups in total. The van der Waals surface area contributed by atoms with Crippen molar-refractivity contribution in [3.05, 3.63) is 0 Å². The fraction of sp³-hybridized carbons (Fsp3) is 0.938. The van der Waals surface area contributed by atoms with Crippen LogP contribution in [-0.4, -0.2) is 53.2 Å². The summed E-state index contributed by atoms with van der Waals surface area (Å²) in [6.07, 6.45) is 2.93. The van der Waals surface area contributed by atoms with E-state index in [2.05, 4.69) is 25.7 Å². The average Bonchev–Trinajstić information content (AvgIpc) is 2.34. The van der Waals surface area contributed by atoms with E-state index in [0.29, 0.717) is 12.1 Å². The number of amides is 1. The predicted molar refractivity (Wildman–Crippen MR) is 83.0 cm³/mol. The highest BCUT2D eigenvalue weighted by atomic mass is 16.6. The summed E-state index contributed by atoms with van der Waals surface area (Å²) in [5.74, 6) is 0. The zero-order chi connectivity index (χ0) is 15.3. The van der Waals surface area contributed by atoms with Gasteiger partial charge in [-0.15, -0.1) is 0 Å². The van der Waals surface area contributed by atoms with Gasteiger partial charge in [0.15, 0.2) is 0 Å². The first kappa shape index (κ1) is 17.3. The van der Waals surface area contributed by atoms with Crippen LogP contribution >= 0.6 is 0 Å². The van der Waals surface area contributed by atoms with Gasteiger partial charge in [0, 0.05) is 31.7 Å². The molecule has 0 unspecified atom stereocenters. The monoisotopic (exact) mass is 284 g/mol. The summed E-state index contributed by atoms with van der Waals surface area (Å²) >= 11 is 0. The Balaban J connectivity index is 2.61. The normalized spacial score (nSPS) is 18.4. The van der Waals surface area contributed by atoms with Crippen molar-refractivity contribution in [2.24, 2.45) is 0 Å². The van der Waals surface area contributed by atoms with Gasteiger partial charge >= 0.3 is 6.09 Å². The SMILES string of the molecule is CCCN(C(=O)OC(C)(C)C)C1CCN(C(C)C)CC1. The van der Waals surface area contributed by atoms with E-state index >= 15 is 0 Å². The summed E-state index contributed by atoms with van der Waals surface area (Å²) in [4.78, 5) is 16.8. The molecule has 0 spiro atoms. The quantitative estimate of drug-likeness (QED) is 0.792. The van der Waals surface area contributed by atoms with E-state index in [9.17, 15) is 4.79 Å². The van der Waals surface area contributed by atoms with Gasteiger partial charge in [-0.2, -0.15) is 0 Å². The van der Waals surface area contributed by atoms with E-state index < -0.39 is 5.60 Å². The number of hydrogen-bond acceptors (Lipinski definition) is 3. The highest BCUT2D eigenvalue weighted by molar-refractivity contribution is 5.68. The van der Waals surface area contributed by atoms with Gasteiger partial charge in [0.1, 0.15) is 5.60 Å².